The molecule has 2 bridgehead atoms. The molecule has 2 aliphatic heterocycles. The van der Waals surface area contributed by atoms with Crippen molar-refractivity contribution in [2.75, 3.05) is 13.7 Å². The van der Waals surface area contributed by atoms with Gasteiger partial charge in [-0.2, -0.15) is 5.10 Å². The lowest BCUT2D eigenvalue weighted by Crippen LogP contribution is -2.55. The molecule has 8 heteroatoms. The number of hydrogen-bond acceptors (Lipinski definition) is 4. The number of rotatable bonds is 3. The summed E-state index contributed by atoms with van der Waals surface area (Å²) in [5, 5.41) is 8.11. The number of benzene rings is 1. The summed E-state index contributed by atoms with van der Waals surface area (Å²) in [5.74, 6) is -0.880. The monoisotopic (exact) mass is 395 g/mol. The highest BCUT2D eigenvalue weighted by Gasteiger charge is 2.63. The summed E-state index contributed by atoms with van der Waals surface area (Å²) in [4.78, 5) is 4.52. The summed E-state index contributed by atoms with van der Waals surface area (Å²) in [5.41, 5.74) is 2.03. The second-order valence-corrected chi connectivity index (χ2v) is 8.30. The fourth-order valence-electron chi connectivity index (χ4n) is 4.84. The molecule has 0 unspecified atom stereocenters. The summed E-state index contributed by atoms with van der Waals surface area (Å²) >= 11 is 0. The first-order valence-electron chi connectivity index (χ1n) is 9.55. The van der Waals surface area contributed by atoms with Crippen molar-refractivity contribution in [3.8, 4) is 11.1 Å². The van der Waals surface area contributed by atoms with Crippen LogP contribution in [0.15, 0.2) is 36.8 Å². The third-order valence-corrected chi connectivity index (χ3v) is 6.39. The third-order valence-electron chi connectivity index (χ3n) is 6.39. The van der Waals surface area contributed by atoms with Crippen molar-refractivity contribution in [3.63, 3.8) is 0 Å². The van der Waals surface area contributed by atoms with Gasteiger partial charge in [0.2, 0.25) is 0 Å². The fourth-order valence-corrected chi connectivity index (χ4v) is 4.84. The highest BCUT2D eigenvalue weighted by molar-refractivity contribution is 5.84. The van der Waals surface area contributed by atoms with Gasteiger partial charge in [-0.15, -0.1) is 0 Å². The second kappa shape index (κ2) is 5.40. The van der Waals surface area contributed by atoms with Crippen LogP contribution in [0.2, 0.25) is 0 Å². The zero-order valence-electron chi connectivity index (χ0n) is 16.0. The number of halogens is 2. The Morgan fingerprint density at radius 2 is 1.86 bits per heavy atom. The topological polar surface area (TPSA) is 56.4 Å². The number of ether oxygens (including phenoxy) is 1. The van der Waals surface area contributed by atoms with Gasteiger partial charge in [-0.1, -0.05) is 0 Å². The number of aromatic nitrogens is 4. The molecule has 1 N–H and O–H groups in total. The van der Waals surface area contributed by atoms with Gasteiger partial charge in [0, 0.05) is 55.0 Å². The Bertz CT molecular complexity index is 1300. The van der Waals surface area contributed by atoms with E-state index < -0.39 is 17.2 Å². The molecule has 1 aliphatic carbocycles. The molecule has 7 rings (SSSR count). The number of pyridine rings is 1. The number of likely N-dealkylation sites (N-methyl/N-ethyl adjacent to an activating group) is 1. The Hall–Kier alpha value is -2.84. The van der Waals surface area contributed by atoms with E-state index in [1.165, 1.54) is 12.1 Å². The highest BCUT2D eigenvalue weighted by atomic mass is 19.1. The van der Waals surface area contributed by atoms with Gasteiger partial charge in [0.15, 0.2) is 17.3 Å². The Labute approximate surface area is 165 Å². The van der Waals surface area contributed by atoms with E-state index in [1.807, 2.05) is 19.3 Å². The van der Waals surface area contributed by atoms with E-state index in [-0.39, 0.29) is 11.2 Å². The molecule has 3 aliphatic rings. The zero-order chi connectivity index (χ0) is 20.0. The highest BCUT2D eigenvalue weighted by Crippen LogP contribution is 2.57. The van der Waals surface area contributed by atoms with Crippen LogP contribution in [-0.4, -0.2) is 38.4 Å². The van der Waals surface area contributed by atoms with Crippen molar-refractivity contribution >= 4 is 16.6 Å². The fraction of sp³-hybridized carbons (Fsp3) is 0.333. The maximum absolute atomic E-state index is 14.9. The maximum Gasteiger partial charge on any atom is 0.173 e. The quantitative estimate of drug-likeness (QED) is 0.579. The first kappa shape index (κ1) is 17.1. The Kier molecular flexibility index (Phi) is 3.17. The van der Waals surface area contributed by atoms with Crippen LogP contribution in [0.4, 0.5) is 8.78 Å². The van der Waals surface area contributed by atoms with E-state index in [2.05, 4.69) is 15.4 Å². The first-order chi connectivity index (χ1) is 13.9. The number of imidazole rings is 1. The molecular formula is C21H19F2N5O. The van der Waals surface area contributed by atoms with Crippen LogP contribution in [-0.2, 0) is 17.4 Å². The minimum absolute atomic E-state index is 0.0101. The SMILES string of the molecule is CNC12COC(c3cn4cc(-c5cc(F)c6nn(C)cc6c5)cc(F)c4n3)(C1)C2. The maximum atomic E-state index is 14.9. The number of hydrogen-bond donors (Lipinski definition) is 1. The molecule has 0 spiro atoms. The van der Waals surface area contributed by atoms with E-state index in [9.17, 15) is 8.78 Å². The van der Waals surface area contributed by atoms with Gasteiger partial charge >= 0.3 is 0 Å². The third kappa shape index (κ3) is 2.27. The average Bonchev–Trinajstić information content (AvgIpc) is 3.40. The summed E-state index contributed by atoms with van der Waals surface area (Å²) in [7, 11) is 3.68. The van der Waals surface area contributed by atoms with Crippen LogP contribution in [0.1, 0.15) is 18.5 Å². The molecule has 1 saturated carbocycles. The molecule has 4 aromatic rings. The van der Waals surface area contributed by atoms with Crippen molar-refractivity contribution in [3.05, 3.63) is 54.1 Å². The van der Waals surface area contributed by atoms with Gasteiger partial charge in [0.25, 0.3) is 0 Å². The molecule has 3 fully saturated rings. The predicted octanol–water partition coefficient (Wildman–Crippen LogP) is 3.14. The van der Waals surface area contributed by atoms with Crippen LogP contribution in [0.25, 0.3) is 27.7 Å². The lowest BCUT2D eigenvalue weighted by molar-refractivity contribution is -0.0134. The predicted molar refractivity (Wildman–Crippen MR) is 103 cm³/mol. The Morgan fingerprint density at radius 3 is 2.62 bits per heavy atom. The van der Waals surface area contributed by atoms with Gasteiger partial charge in [-0.05, 0) is 30.8 Å². The van der Waals surface area contributed by atoms with E-state index >= 15 is 0 Å². The lowest BCUT2D eigenvalue weighted by Gasteiger charge is -2.43. The van der Waals surface area contributed by atoms with Crippen LogP contribution in [0.3, 0.4) is 0 Å². The average molecular weight is 395 g/mol. The minimum atomic E-state index is -0.450. The largest absolute Gasteiger partial charge is 0.367 e. The van der Waals surface area contributed by atoms with Gasteiger partial charge in [-0.25, -0.2) is 13.8 Å². The van der Waals surface area contributed by atoms with E-state index in [4.69, 9.17) is 4.74 Å². The van der Waals surface area contributed by atoms with Crippen molar-refractivity contribution in [1.82, 2.24) is 24.5 Å². The van der Waals surface area contributed by atoms with Gasteiger partial charge in [-0.3, -0.25) is 4.68 Å². The van der Waals surface area contributed by atoms with Crippen LogP contribution in [0.5, 0.6) is 0 Å². The molecular weight excluding hydrogens is 376 g/mol. The van der Waals surface area contributed by atoms with Crippen molar-refractivity contribution in [2.24, 2.45) is 7.05 Å². The standard InChI is InChI=1S/C21H19F2N5O/c1-24-20-9-21(10-20,29-11-20)17-8-28-7-13(5-16(23)19(28)25-17)12-3-14-6-27(2)26-18(14)15(22)4-12/h3-8,24H,9-11H2,1-2H3. The van der Waals surface area contributed by atoms with E-state index in [0.29, 0.717) is 28.6 Å². The molecule has 148 valence electrons. The normalized spacial score (nSPS) is 25.8. The summed E-state index contributed by atoms with van der Waals surface area (Å²) in [6, 6.07) is 4.60. The minimum Gasteiger partial charge on any atom is -0.367 e. The number of nitrogens with one attached hydrogen (secondary N) is 1. The van der Waals surface area contributed by atoms with E-state index in [0.717, 1.165) is 18.5 Å². The molecule has 0 atom stereocenters. The van der Waals surface area contributed by atoms with Crippen molar-refractivity contribution in [2.45, 2.75) is 24.0 Å². The second-order valence-electron chi connectivity index (χ2n) is 8.30. The number of fused-ring (bicyclic) bond motifs is 3. The molecule has 3 aromatic heterocycles. The Balaban J connectivity index is 1.45. The molecule has 29 heavy (non-hydrogen) atoms. The van der Waals surface area contributed by atoms with Crippen LogP contribution in [0, 0.1) is 11.6 Å². The number of aryl methyl sites for hydroxylation is 1. The first-order valence-corrected chi connectivity index (χ1v) is 9.55. The smallest absolute Gasteiger partial charge is 0.173 e. The molecule has 0 amide bonds. The van der Waals surface area contributed by atoms with Gasteiger partial charge in [0.05, 0.1) is 12.3 Å². The lowest BCUT2D eigenvalue weighted by atomic mass is 9.67. The Morgan fingerprint density at radius 1 is 1.07 bits per heavy atom. The number of nitrogens with zero attached hydrogens (tertiary/aromatic N) is 4. The van der Waals surface area contributed by atoms with Crippen LogP contribution < -0.4 is 5.32 Å². The summed E-state index contributed by atoms with van der Waals surface area (Å²) in [6.07, 6.45) is 7.01. The summed E-state index contributed by atoms with van der Waals surface area (Å²) < 4.78 is 38.6. The van der Waals surface area contributed by atoms with Gasteiger partial charge in [0.1, 0.15) is 11.1 Å². The molecule has 5 heterocycles. The molecule has 6 nitrogen and oxygen atoms in total. The van der Waals surface area contributed by atoms with Crippen LogP contribution >= 0.6 is 0 Å². The van der Waals surface area contributed by atoms with Crippen molar-refractivity contribution < 1.29 is 13.5 Å². The molecule has 1 aromatic carbocycles. The van der Waals surface area contributed by atoms with Crippen molar-refractivity contribution in [1.29, 1.82) is 0 Å². The zero-order valence-corrected chi connectivity index (χ0v) is 16.0. The molecule has 0 radical (unpaired) electrons. The summed E-state index contributed by atoms with van der Waals surface area (Å²) in [6.45, 7) is 0.634. The van der Waals surface area contributed by atoms with Gasteiger partial charge < -0.3 is 14.5 Å². The molecule has 2 saturated heterocycles. The van der Waals surface area contributed by atoms with E-state index in [1.54, 1.807) is 28.5 Å².